The van der Waals surface area contributed by atoms with Crippen LogP contribution in [0.25, 0.3) is 11.3 Å². The summed E-state index contributed by atoms with van der Waals surface area (Å²) >= 11 is 0. The van der Waals surface area contributed by atoms with Crippen LogP contribution in [-0.2, 0) is 9.53 Å². The largest absolute Gasteiger partial charge is 0.458 e. The molecular weight excluding hydrogens is 302 g/mol. The molecule has 2 aromatic carbocycles. The number of hydrogen-bond acceptors (Lipinski definition) is 4. The van der Waals surface area contributed by atoms with Gasteiger partial charge in [-0.15, -0.1) is 0 Å². The number of nitrogens with zero attached hydrogens (tertiary/aromatic N) is 1. The molecule has 0 aliphatic carbocycles. The van der Waals surface area contributed by atoms with E-state index in [4.69, 9.17) is 9.15 Å². The Kier molecular flexibility index (Phi) is 3.50. The van der Waals surface area contributed by atoms with E-state index >= 15 is 0 Å². The summed E-state index contributed by atoms with van der Waals surface area (Å²) in [5, 5.41) is 0. The molecular formula is C20H15NO3. The van der Waals surface area contributed by atoms with Gasteiger partial charge in [0.1, 0.15) is 11.5 Å². The maximum Gasteiger partial charge on any atom is 0.345 e. The van der Waals surface area contributed by atoms with Gasteiger partial charge in [-0.25, -0.2) is 9.79 Å². The van der Waals surface area contributed by atoms with Gasteiger partial charge in [-0.3, -0.25) is 0 Å². The third kappa shape index (κ3) is 2.63. The summed E-state index contributed by atoms with van der Waals surface area (Å²) in [7, 11) is 0. The van der Waals surface area contributed by atoms with Crippen molar-refractivity contribution in [1.29, 1.82) is 0 Å². The third-order valence-corrected chi connectivity index (χ3v) is 3.92. The predicted molar refractivity (Wildman–Crippen MR) is 90.7 cm³/mol. The molecule has 1 aliphatic rings. The number of aryl methyl sites for hydroxylation is 1. The summed E-state index contributed by atoms with van der Waals surface area (Å²) in [6, 6.07) is 20.3. The first-order valence-corrected chi connectivity index (χ1v) is 7.72. The summed E-state index contributed by atoms with van der Waals surface area (Å²) in [5.41, 5.74) is 2.92. The molecule has 1 atom stereocenters. The highest BCUT2D eigenvalue weighted by atomic mass is 16.6. The molecule has 4 rings (SSSR count). The lowest BCUT2D eigenvalue weighted by molar-refractivity contribution is -0.135. The Morgan fingerprint density at radius 1 is 0.875 bits per heavy atom. The van der Waals surface area contributed by atoms with E-state index < -0.39 is 12.0 Å². The monoisotopic (exact) mass is 317 g/mol. The number of esters is 1. The zero-order valence-corrected chi connectivity index (χ0v) is 13.1. The smallest absolute Gasteiger partial charge is 0.345 e. The standard InChI is InChI=1S/C20H15NO3/c1-13-7-9-14(10-8-13)16-11-12-17(23-16)18-20(22)24-19(21-18)15-5-3-2-4-6-15/h2-12,18H,1H3. The average Bonchev–Trinajstić information content (AvgIpc) is 3.23. The number of carbonyl (C=O) groups excluding carboxylic acids is 1. The van der Waals surface area contributed by atoms with E-state index in [2.05, 4.69) is 4.99 Å². The summed E-state index contributed by atoms with van der Waals surface area (Å²) in [5.74, 6) is 1.11. The predicted octanol–water partition coefficient (Wildman–Crippen LogP) is 4.30. The van der Waals surface area contributed by atoms with E-state index in [1.165, 1.54) is 5.56 Å². The third-order valence-electron chi connectivity index (χ3n) is 3.92. The molecule has 0 amide bonds. The molecule has 0 saturated carbocycles. The van der Waals surface area contributed by atoms with Crippen LogP contribution in [0.1, 0.15) is 22.9 Å². The molecule has 1 unspecified atom stereocenters. The maximum atomic E-state index is 12.2. The Hall–Kier alpha value is -3.14. The van der Waals surface area contributed by atoms with Crippen LogP contribution in [0.2, 0.25) is 0 Å². The Balaban J connectivity index is 1.63. The molecule has 0 radical (unpaired) electrons. The van der Waals surface area contributed by atoms with E-state index in [0.717, 1.165) is 11.1 Å². The van der Waals surface area contributed by atoms with Gasteiger partial charge >= 0.3 is 5.97 Å². The van der Waals surface area contributed by atoms with Crippen LogP contribution in [0.3, 0.4) is 0 Å². The zero-order chi connectivity index (χ0) is 16.5. The van der Waals surface area contributed by atoms with Gasteiger partial charge < -0.3 is 9.15 Å². The molecule has 2 heterocycles. The minimum absolute atomic E-state index is 0.332. The Labute approximate surface area is 139 Å². The number of furan rings is 1. The number of rotatable bonds is 3. The second kappa shape index (κ2) is 5.81. The Bertz CT molecular complexity index is 908. The molecule has 24 heavy (non-hydrogen) atoms. The van der Waals surface area contributed by atoms with Crippen LogP contribution in [0.15, 0.2) is 76.1 Å². The first kappa shape index (κ1) is 14.5. The number of hydrogen-bond donors (Lipinski definition) is 0. The molecule has 4 heteroatoms. The van der Waals surface area contributed by atoms with Crippen LogP contribution < -0.4 is 0 Å². The highest BCUT2D eigenvalue weighted by molar-refractivity contribution is 6.06. The van der Waals surface area contributed by atoms with Gasteiger partial charge in [0, 0.05) is 11.1 Å². The van der Waals surface area contributed by atoms with Crippen molar-refractivity contribution in [2.45, 2.75) is 13.0 Å². The fraction of sp³-hybridized carbons (Fsp3) is 0.100. The zero-order valence-electron chi connectivity index (χ0n) is 13.1. The van der Waals surface area contributed by atoms with Gasteiger partial charge in [-0.2, -0.15) is 0 Å². The lowest BCUT2D eigenvalue weighted by Crippen LogP contribution is -2.08. The van der Waals surface area contributed by atoms with Gasteiger partial charge in [0.2, 0.25) is 11.9 Å². The minimum atomic E-state index is -0.751. The van der Waals surface area contributed by atoms with Crippen molar-refractivity contribution in [3.05, 3.63) is 83.6 Å². The first-order chi connectivity index (χ1) is 11.7. The number of benzene rings is 2. The number of cyclic esters (lactones) is 1. The van der Waals surface area contributed by atoms with Crippen molar-refractivity contribution in [2.75, 3.05) is 0 Å². The number of ether oxygens (including phenoxy) is 1. The molecule has 3 aromatic rings. The van der Waals surface area contributed by atoms with Gasteiger partial charge in [0.15, 0.2) is 0 Å². The molecule has 118 valence electrons. The first-order valence-electron chi connectivity index (χ1n) is 7.72. The molecule has 0 spiro atoms. The Morgan fingerprint density at radius 2 is 1.62 bits per heavy atom. The van der Waals surface area contributed by atoms with Crippen molar-refractivity contribution >= 4 is 11.9 Å². The lowest BCUT2D eigenvalue weighted by Gasteiger charge is -2.00. The summed E-state index contributed by atoms with van der Waals surface area (Å²) in [6.45, 7) is 2.03. The van der Waals surface area contributed by atoms with Gasteiger partial charge in [-0.05, 0) is 31.2 Å². The van der Waals surface area contributed by atoms with E-state index in [1.54, 1.807) is 6.07 Å². The quantitative estimate of drug-likeness (QED) is 0.677. The molecule has 4 nitrogen and oxygen atoms in total. The second-order valence-electron chi connectivity index (χ2n) is 5.69. The maximum absolute atomic E-state index is 12.2. The molecule has 1 aromatic heterocycles. The summed E-state index contributed by atoms with van der Waals surface area (Å²) in [4.78, 5) is 16.5. The molecule has 0 N–H and O–H groups in total. The highest BCUT2D eigenvalue weighted by Crippen LogP contribution is 2.31. The van der Waals surface area contributed by atoms with Crippen molar-refractivity contribution in [2.24, 2.45) is 4.99 Å². The fourth-order valence-corrected chi connectivity index (χ4v) is 2.61. The average molecular weight is 317 g/mol. The van der Waals surface area contributed by atoms with Crippen LogP contribution in [0, 0.1) is 6.92 Å². The van der Waals surface area contributed by atoms with Crippen LogP contribution in [0.5, 0.6) is 0 Å². The van der Waals surface area contributed by atoms with Crippen molar-refractivity contribution < 1.29 is 13.9 Å². The van der Waals surface area contributed by atoms with Crippen LogP contribution in [0.4, 0.5) is 0 Å². The van der Waals surface area contributed by atoms with E-state index in [0.29, 0.717) is 17.4 Å². The fourth-order valence-electron chi connectivity index (χ4n) is 2.61. The van der Waals surface area contributed by atoms with Crippen molar-refractivity contribution in [3.8, 4) is 11.3 Å². The van der Waals surface area contributed by atoms with Crippen molar-refractivity contribution in [1.82, 2.24) is 0 Å². The SMILES string of the molecule is Cc1ccc(-c2ccc(C3N=C(c4ccccc4)OC3=O)o2)cc1. The number of aliphatic imine (C=N–C) groups is 1. The van der Waals surface area contributed by atoms with Gasteiger partial charge in [0.25, 0.3) is 0 Å². The lowest BCUT2D eigenvalue weighted by atomic mass is 10.1. The summed E-state index contributed by atoms with van der Waals surface area (Å²) < 4.78 is 11.1. The van der Waals surface area contributed by atoms with E-state index in [9.17, 15) is 4.79 Å². The Morgan fingerprint density at radius 3 is 2.38 bits per heavy atom. The molecule has 0 bridgehead atoms. The summed E-state index contributed by atoms with van der Waals surface area (Å²) in [6.07, 6.45) is 0. The van der Waals surface area contributed by atoms with E-state index in [-0.39, 0.29) is 0 Å². The van der Waals surface area contributed by atoms with Crippen molar-refractivity contribution in [3.63, 3.8) is 0 Å². The van der Waals surface area contributed by atoms with Crippen LogP contribution >= 0.6 is 0 Å². The second-order valence-corrected chi connectivity index (χ2v) is 5.69. The van der Waals surface area contributed by atoms with Gasteiger partial charge in [0.05, 0.1) is 0 Å². The van der Waals surface area contributed by atoms with E-state index in [1.807, 2.05) is 67.6 Å². The molecule has 0 fully saturated rings. The van der Waals surface area contributed by atoms with Crippen LogP contribution in [-0.4, -0.2) is 11.9 Å². The molecule has 1 aliphatic heterocycles. The topological polar surface area (TPSA) is 51.8 Å². The minimum Gasteiger partial charge on any atom is -0.458 e. The van der Waals surface area contributed by atoms with Gasteiger partial charge in [-0.1, -0.05) is 48.0 Å². The highest BCUT2D eigenvalue weighted by Gasteiger charge is 2.33. The normalized spacial score (nSPS) is 16.8. The number of carbonyl (C=O) groups is 1. The molecule has 0 saturated heterocycles.